The van der Waals surface area contributed by atoms with Gasteiger partial charge in [-0.15, -0.1) is 16.4 Å². The quantitative estimate of drug-likeness (QED) is 0.794. The number of carboxylic acids is 1. The summed E-state index contributed by atoms with van der Waals surface area (Å²) in [6, 6.07) is 9.24. The van der Waals surface area contributed by atoms with Crippen molar-refractivity contribution in [3.8, 4) is 11.3 Å². The number of thiazole rings is 1. The highest BCUT2D eigenvalue weighted by Gasteiger charge is 2.20. The molecule has 3 aromatic rings. The van der Waals surface area contributed by atoms with Crippen molar-refractivity contribution in [1.82, 2.24) is 20.0 Å². The van der Waals surface area contributed by atoms with E-state index in [0.29, 0.717) is 12.2 Å². The monoisotopic (exact) mass is 286 g/mol. The van der Waals surface area contributed by atoms with E-state index in [2.05, 4.69) is 15.3 Å². The van der Waals surface area contributed by atoms with Crippen LogP contribution in [-0.2, 0) is 6.54 Å². The minimum atomic E-state index is -1.09. The molecule has 100 valence electrons. The van der Waals surface area contributed by atoms with E-state index < -0.39 is 5.97 Å². The predicted octanol–water partition coefficient (Wildman–Crippen LogP) is 2.15. The van der Waals surface area contributed by atoms with E-state index in [4.69, 9.17) is 0 Å². The lowest BCUT2D eigenvalue weighted by atomic mass is 10.1. The Morgan fingerprint density at radius 1 is 1.30 bits per heavy atom. The van der Waals surface area contributed by atoms with Crippen molar-refractivity contribution >= 4 is 17.3 Å². The van der Waals surface area contributed by atoms with Gasteiger partial charge in [-0.25, -0.2) is 14.5 Å². The molecule has 0 aliphatic heterocycles. The van der Waals surface area contributed by atoms with Gasteiger partial charge in [0, 0.05) is 10.9 Å². The summed E-state index contributed by atoms with van der Waals surface area (Å²) >= 11 is 1.48. The summed E-state index contributed by atoms with van der Waals surface area (Å²) in [5.74, 6) is -1.09. The van der Waals surface area contributed by atoms with Gasteiger partial charge in [-0.3, -0.25) is 0 Å². The van der Waals surface area contributed by atoms with Gasteiger partial charge in [-0.1, -0.05) is 35.5 Å². The highest BCUT2D eigenvalue weighted by atomic mass is 32.1. The van der Waals surface area contributed by atoms with Crippen LogP contribution in [0.5, 0.6) is 0 Å². The number of hydrogen-bond donors (Lipinski definition) is 1. The first kappa shape index (κ1) is 12.5. The smallest absolute Gasteiger partial charge is 0.358 e. The van der Waals surface area contributed by atoms with E-state index in [-0.39, 0.29) is 5.69 Å². The highest BCUT2D eigenvalue weighted by molar-refractivity contribution is 7.07. The van der Waals surface area contributed by atoms with Crippen LogP contribution in [0, 0.1) is 0 Å². The third-order valence-electron chi connectivity index (χ3n) is 2.78. The van der Waals surface area contributed by atoms with Crippen LogP contribution >= 0.6 is 11.3 Å². The van der Waals surface area contributed by atoms with E-state index >= 15 is 0 Å². The molecular weight excluding hydrogens is 276 g/mol. The van der Waals surface area contributed by atoms with Crippen LogP contribution in [0.2, 0.25) is 0 Å². The van der Waals surface area contributed by atoms with Crippen molar-refractivity contribution < 1.29 is 9.90 Å². The normalized spacial score (nSPS) is 10.6. The third kappa shape index (κ3) is 2.30. The van der Waals surface area contributed by atoms with Crippen molar-refractivity contribution in [3.63, 3.8) is 0 Å². The fourth-order valence-electron chi connectivity index (χ4n) is 1.92. The van der Waals surface area contributed by atoms with Gasteiger partial charge in [0.25, 0.3) is 0 Å². The molecule has 2 aromatic heterocycles. The van der Waals surface area contributed by atoms with E-state index in [0.717, 1.165) is 11.3 Å². The molecule has 0 fully saturated rings. The molecule has 6 nitrogen and oxygen atoms in total. The number of hydrogen-bond acceptors (Lipinski definition) is 5. The Kier molecular flexibility index (Phi) is 3.26. The van der Waals surface area contributed by atoms with E-state index in [1.54, 1.807) is 10.2 Å². The maximum Gasteiger partial charge on any atom is 0.358 e. The van der Waals surface area contributed by atoms with Crippen molar-refractivity contribution in [2.45, 2.75) is 6.54 Å². The second kappa shape index (κ2) is 5.22. The Bertz CT molecular complexity index is 722. The van der Waals surface area contributed by atoms with Gasteiger partial charge in [0.1, 0.15) is 5.69 Å². The number of carboxylic acid groups (broad SMARTS) is 1. The van der Waals surface area contributed by atoms with Crippen LogP contribution in [0.1, 0.15) is 16.2 Å². The zero-order chi connectivity index (χ0) is 13.9. The molecular formula is C13H10N4O2S. The van der Waals surface area contributed by atoms with Gasteiger partial charge in [0.05, 0.1) is 17.7 Å². The lowest BCUT2D eigenvalue weighted by molar-refractivity contribution is 0.0691. The lowest BCUT2D eigenvalue weighted by Gasteiger charge is -2.05. The largest absolute Gasteiger partial charge is 0.476 e. The standard InChI is InChI=1S/C13H10N4O2S/c18-13(19)11-12(9-4-2-1-3-5-9)17(16-15-11)6-10-7-20-8-14-10/h1-5,7-8H,6H2,(H,18,19). The van der Waals surface area contributed by atoms with Crippen LogP contribution in [0.15, 0.2) is 41.2 Å². The summed E-state index contributed by atoms with van der Waals surface area (Å²) in [4.78, 5) is 15.5. The first-order valence-corrected chi connectivity index (χ1v) is 6.79. The van der Waals surface area contributed by atoms with E-state index in [9.17, 15) is 9.90 Å². The molecule has 0 aliphatic carbocycles. The van der Waals surface area contributed by atoms with Crippen molar-refractivity contribution in [3.05, 3.63) is 52.6 Å². The lowest BCUT2D eigenvalue weighted by Crippen LogP contribution is -2.06. The Morgan fingerprint density at radius 2 is 2.10 bits per heavy atom. The SMILES string of the molecule is O=C(O)c1nnn(Cc2cscn2)c1-c1ccccc1. The molecule has 0 saturated heterocycles. The fourth-order valence-corrected chi connectivity index (χ4v) is 2.47. The van der Waals surface area contributed by atoms with Gasteiger partial charge in [0.15, 0.2) is 5.69 Å². The number of benzene rings is 1. The van der Waals surface area contributed by atoms with Crippen LogP contribution in [0.25, 0.3) is 11.3 Å². The Balaban J connectivity index is 2.09. The fraction of sp³-hybridized carbons (Fsp3) is 0.0769. The first-order chi connectivity index (χ1) is 9.75. The predicted molar refractivity (Wildman–Crippen MR) is 73.6 cm³/mol. The molecule has 0 atom stereocenters. The Morgan fingerprint density at radius 3 is 2.75 bits per heavy atom. The molecule has 20 heavy (non-hydrogen) atoms. The topological polar surface area (TPSA) is 80.9 Å². The highest BCUT2D eigenvalue weighted by Crippen LogP contribution is 2.22. The number of aromatic carboxylic acids is 1. The summed E-state index contributed by atoms with van der Waals surface area (Å²) in [7, 11) is 0. The van der Waals surface area contributed by atoms with Crippen molar-refractivity contribution in [1.29, 1.82) is 0 Å². The van der Waals surface area contributed by atoms with Crippen LogP contribution in [-0.4, -0.2) is 31.1 Å². The van der Waals surface area contributed by atoms with Gasteiger partial charge < -0.3 is 5.11 Å². The van der Waals surface area contributed by atoms with Crippen molar-refractivity contribution in [2.75, 3.05) is 0 Å². The molecule has 0 aliphatic rings. The van der Waals surface area contributed by atoms with Crippen LogP contribution in [0.4, 0.5) is 0 Å². The molecule has 2 heterocycles. The summed E-state index contributed by atoms with van der Waals surface area (Å²) in [5.41, 5.74) is 3.77. The van der Waals surface area contributed by atoms with Crippen molar-refractivity contribution in [2.24, 2.45) is 0 Å². The summed E-state index contributed by atoms with van der Waals surface area (Å²) in [5, 5.41) is 18.8. The second-order valence-corrected chi connectivity index (χ2v) is 4.81. The molecule has 1 aromatic carbocycles. The molecule has 0 radical (unpaired) electrons. The molecule has 3 rings (SSSR count). The minimum Gasteiger partial charge on any atom is -0.476 e. The number of rotatable bonds is 4. The summed E-state index contributed by atoms with van der Waals surface area (Å²) in [6.45, 7) is 0.397. The zero-order valence-corrected chi connectivity index (χ0v) is 11.1. The van der Waals surface area contributed by atoms with Gasteiger partial charge in [-0.2, -0.15) is 0 Å². The summed E-state index contributed by atoms with van der Waals surface area (Å²) in [6.07, 6.45) is 0. The third-order valence-corrected chi connectivity index (χ3v) is 3.42. The number of aromatic nitrogens is 4. The molecule has 0 saturated carbocycles. The maximum atomic E-state index is 11.3. The minimum absolute atomic E-state index is 0.0496. The summed E-state index contributed by atoms with van der Waals surface area (Å²) < 4.78 is 1.56. The average Bonchev–Trinajstić information content (AvgIpc) is 3.09. The Hall–Kier alpha value is -2.54. The van der Waals surface area contributed by atoms with E-state index in [1.165, 1.54) is 11.3 Å². The number of carbonyl (C=O) groups is 1. The van der Waals surface area contributed by atoms with E-state index in [1.807, 2.05) is 35.7 Å². The Labute approximate surface area is 118 Å². The van der Waals surface area contributed by atoms with Gasteiger partial charge in [0.2, 0.25) is 0 Å². The maximum absolute atomic E-state index is 11.3. The molecule has 1 N–H and O–H groups in total. The molecule has 7 heteroatoms. The molecule has 0 spiro atoms. The first-order valence-electron chi connectivity index (χ1n) is 5.85. The van der Waals surface area contributed by atoms with Crippen LogP contribution in [0.3, 0.4) is 0 Å². The molecule has 0 bridgehead atoms. The zero-order valence-electron chi connectivity index (χ0n) is 10.3. The molecule has 0 unspecified atom stereocenters. The van der Waals surface area contributed by atoms with Gasteiger partial charge in [-0.05, 0) is 0 Å². The van der Waals surface area contributed by atoms with Gasteiger partial charge >= 0.3 is 5.97 Å². The average molecular weight is 286 g/mol. The number of nitrogens with zero attached hydrogens (tertiary/aromatic N) is 4. The second-order valence-electron chi connectivity index (χ2n) is 4.10. The molecule has 0 amide bonds. The van der Waals surface area contributed by atoms with Crippen LogP contribution < -0.4 is 0 Å².